The van der Waals surface area contributed by atoms with E-state index >= 15 is 0 Å². The second kappa shape index (κ2) is 7.69. The molecule has 2 aliphatic heterocycles. The number of nitrogens with zero attached hydrogens (tertiary/aromatic N) is 5. The third kappa shape index (κ3) is 4.11. The van der Waals surface area contributed by atoms with Gasteiger partial charge in [-0.15, -0.1) is 23.4 Å². The lowest BCUT2D eigenvalue weighted by Gasteiger charge is -2.45. The Balaban J connectivity index is 1.34. The molecule has 2 fully saturated rings. The minimum absolute atomic E-state index is 0.0669. The van der Waals surface area contributed by atoms with E-state index in [0.717, 1.165) is 31.1 Å². The van der Waals surface area contributed by atoms with Crippen molar-refractivity contribution in [3.8, 4) is 28.1 Å². The fourth-order valence-electron chi connectivity index (χ4n) is 5.48. The predicted octanol–water partition coefficient (Wildman–Crippen LogP) is 4.69. The van der Waals surface area contributed by atoms with Gasteiger partial charge in [-0.3, -0.25) is 0 Å². The molecule has 0 spiro atoms. The first-order valence-corrected chi connectivity index (χ1v) is 11.3. The van der Waals surface area contributed by atoms with E-state index in [-0.39, 0.29) is 27.1 Å². The van der Waals surface area contributed by atoms with Crippen molar-refractivity contribution < 1.29 is 18.3 Å². The molecule has 2 bridgehead atoms. The van der Waals surface area contributed by atoms with Gasteiger partial charge in [0.05, 0.1) is 11.9 Å². The average molecular weight is 473 g/mol. The van der Waals surface area contributed by atoms with Gasteiger partial charge in [-0.05, 0) is 69.4 Å². The highest BCUT2D eigenvalue weighted by Gasteiger charge is 2.49. The monoisotopic (exact) mass is 472 g/mol. The zero-order valence-electron chi connectivity index (χ0n) is 19.3. The number of halogens is 3. The third-order valence-corrected chi connectivity index (χ3v) is 7.21. The molecule has 180 valence electrons. The lowest BCUT2D eigenvalue weighted by Crippen LogP contribution is -2.58. The van der Waals surface area contributed by atoms with Crippen molar-refractivity contribution in [3.05, 3.63) is 42.7 Å². The summed E-state index contributed by atoms with van der Waals surface area (Å²) in [4.78, 5) is 2.18. The summed E-state index contributed by atoms with van der Waals surface area (Å²) in [7, 11) is 2.04. The SMILES string of the molecule is CN(c1ccc(-c2ccc(-c3cnn(C(F)(F)F)c3)cc2O)nn1)[C@@H]1C[C@]2(C)CC[C@](C)(C1)N2. The van der Waals surface area contributed by atoms with Gasteiger partial charge in [0.15, 0.2) is 5.82 Å². The van der Waals surface area contributed by atoms with Gasteiger partial charge >= 0.3 is 6.30 Å². The number of phenols is 1. The van der Waals surface area contributed by atoms with Crippen LogP contribution in [-0.4, -0.2) is 49.3 Å². The van der Waals surface area contributed by atoms with Crippen molar-refractivity contribution in [1.29, 1.82) is 0 Å². The maximum atomic E-state index is 12.8. The standard InChI is InChI=1S/C24H27F3N6O/c1-22-8-9-23(2,31-22)12-17(11-22)32(3)21-7-6-19(29-30-21)18-5-4-15(10-20(18)34)16-13-28-33(14-16)24(25,26)27/h4-7,10,13-14,17,31,34H,8-9,11-12H2,1-3H3/t17-,22+,23-. The van der Waals surface area contributed by atoms with Gasteiger partial charge in [-0.1, -0.05) is 6.07 Å². The normalized spacial score (nSPS) is 26.6. The van der Waals surface area contributed by atoms with Crippen LogP contribution in [0.2, 0.25) is 0 Å². The Kier molecular flexibility index (Phi) is 5.12. The van der Waals surface area contributed by atoms with Crippen LogP contribution in [-0.2, 0) is 6.30 Å². The molecule has 0 aliphatic carbocycles. The summed E-state index contributed by atoms with van der Waals surface area (Å²) in [5, 5.41) is 26.4. The van der Waals surface area contributed by atoms with Crippen molar-refractivity contribution in [3.63, 3.8) is 0 Å². The van der Waals surface area contributed by atoms with E-state index < -0.39 is 6.30 Å². The van der Waals surface area contributed by atoms with Crippen LogP contribution >= 0.6 is 0 Å². The summed E-state index contributed by atoms with van der Waals surface area (Å²) < 4.78 is 38.3. The summed E-state index contributed by atoms with van der Waals surface area (Å²) >= 11 is 0. The third-order valence-electron chi connectivity index (χ3n) is 7.21. The number of phenolic OH excluding ortho intramolecular Hbond substituents is 1. The van der Waals surface area contributed by atoms with E-state index in [1.165, 1.54) is 18.9 Å². The van der Waals surface area contributed by atoms with Gasteiger partial charge in [0.2, 0.25) is 0 Å². The molecule has 0 unspecified atom stereocenters. The Morgan fingerprint density at radius 2 is 1.76 bits per heavy atom. The van der Waals surface area contributed by atoms with Gasteiger partial charge in [-0.25, -0.2) is 0 Å². The second-order valence-electron chi connectivity index (χ2n) is 10.1. The van der Waals surface area contributed by atoms with E-state index in [4.69, 9.17) is 0 Å². The number of hydrogen-bond donors (Lipinski definition) is 2. The molecule has 3 aromatic rings. The van der Waals surface area contributed by atoms with E-state index in [0.29, 0.717) is 22.9 Å². The molecule has 0 amide bonds. The van der Waals surface area contributed by atoms with Gasteiger partial charge in [0.1, 0.15) is 5.75 Å². The Labute approximate surface area is 195 Å². The molecule has 1 aromatic carbocycles. The summed E-state index contributed by atoms with van der Waals surface area (Å²) in [5.74, 6) is 0.668. The van der Waals surface area contributed by atoms with Gasteiger partial charge in [0.25, 0.3) is 0 Å². The van der Waals surface area contributed by atoms with E-state index in [1.54, 1.807) is 18.2 Å². The number of benzene rings is 1. The molecular formula is C24H27F3N6O. The predicted molar refractivity (Wildman–Crippen MR) is 122 cm³/mol. The number of aromatic hydroxyl groups is 1. The summed E-state index contributed by atoms with van der Waals surface area (Å²) in [6.45, 7) is 4.57. The Morgan fingerprint density at radius 1 is 1.06 bits per heavy atom. The topological polar surface area (TPSA) is 79.1 Å². The number of hydrogen-bond acceptors (Lipinski definition) is 6. The summed E-state index contributed by atoms with van der Waals surface area (Å²) in [6, 6.07) is 8.69. The number of anilines is 1. The smallest absolute Gasteiger partial charge is 0.504 e. The van der Waals surface area contributed by atoms with Gasteiger partial charge in [-0.2, -0.15) is 9.78 Å². The Bertz CT molecular complexity index is 1190. The zero-order chi connectivity index (χ0) is 24.3. The van der Waals surface area contributed by atoms with Crippen LogP contribution in [0.5, 0.6) is 5.75 Å². The molecule has 0 saturated carbocycles. The first-order valence-electron chi connectivity index (χ1n) is 11.3. The highest BCUT2D eigenvalue weighted by molar-refractivity contribution is 5.74. The number of piperidine rings is 1. The molecule has 0 radical (unpaired) electrons. The maximum absolute atomic E-state index is 12.8. The molecule has 3 atom stereocenters. The van der Waals surface area contributed by atoms with Crippen molar-refractivity contribution in [1.82, 2.24) is 25.3 Å². The van der Waals surface area contributed by atoms with Crippen molar-refractivity contribution in [2.24, 2.45) is 0 Å². The van der Waals surface area contributed by atoms with Gasteiger partial charge < -0.3 is 15.3 Å². The molecule has 7 nitrogen and oxygen atoms in total. The molecule has 2 aromatic heterocycles. The first kappa shape index (κ1) is 22.6. The highest BCUT2D eigenvalue weighted by atomic mass is 19.4. The molecule has 5 rings (SSSR count). The van der Waals surface area contributed by atoms with Crippen LogP contribution in [0.1, 0.15) is 39.5 Å². The Hall–Kier alpha value is -3.14. The highest BCUT2D eigenvalue weighted by Crippen LogP contribution is 2.44. The van der Waals surface area contributed by atoms with Crippen LogP contribution in [0.15, 0.2) is 42.7 Å². The fourth-order valence-corrected chi connectivity index (χ4v) is 5.48. The number of fused-ring (bicyclic) bond motifs is 2. The molecule has 34 heavy (non-hydrogen) atoms. The number of aromatic nitrogens is 4. The lowest BCUT2D eigenvalue weighted by atomic mass is 9.84. The number of nitrogens with one attached hydrogen (secondary N) is 1. The van der Waals surface area contributed by atoms with Crippen molar-refractivity contribution in [2.75, 3.05) is 11.9 Å². The number of alkyl halides is 3. The van der Waals surface area contributed by atoms with Crippen LogP contribution < -0.4 is 10.2 Å². The van der Waals surface area contributed by atoms with Gasteiger partial charge in [0, 0.05) is 41.5 Å². The van der Waals surface area contributed by atoms with Crippen molar-refractivity contribution in [2.45, 2.75) is 63.0 Å². The quantitative estimate of drug-likeness (QED) is 0.574. The summed E-state index contributed by atoms with van der Waals surface area (Å²) in [6.07, 6.45) is 1.82. The minimum atomic E-state index is -4.59. The van der Waals surface area contributed by atoms with Crippen LogP contribution in [0.3, 0.4) is 0 Å². The molecular weight excluding hydrogens is 445 g/mol. The molecule has 4 heterocycles. The fraction of sp³-hybridized carbons (Fsp3) is 0.458. The van der Waals surface area contributed by atoms with E-state index in [1.807, 2.05) is 13.1 Å². The van der Waals surface area contributed by atoms with Crippen molar-refractivity contribution >= 4 is 5.82 Å². The van der Waals surface area contributed by atoms with Crippen LogP contribution in [0.25, 0.3) is 22.4 Å². The molecule has 2 N–H and O–H groups in total. The zero-order valence-corrected chi connectivity index (χ0v) is 19.3. The first-order chi connectivity index (χ1) is 15.9. The molecule has 10 heteroatoms. The van der Waals surface area contributed by atoms with Crippen LogP contribution in [0, 0.1) is 0 Å². The Morgan fingerprint density at radius 3 is 2.32 bits per heavy atom. The van der Waals surface area contributed by atoms with Crippen LogP contribution in [0.4, 0.5) is 19.0 Å². The minimum Gasteiger partial charge on any atom is -0.507 e. The molecule has 2 saturated heterocycles. The largest absolute Gasteiger partial charge is 0.507 e. The average Bonchev–Trinajstić information content (AvgIpc) is 3.36. The molecule has 2 aliphatic rings. The second-order valence-corrected chi connectivity index (χ2v) is 10.1. The lowest BCUT2D eigenvalue weighted by molar-refractivity contribution is -0.212. The summed E-state index contributed by atoms with van der Waals surface area (Å²) in [5.41, 5.74) is 1.89. The van der Waals surface area contributed by atoms with E-state index in [9.17, 15) is 18.3 Å². The number of rotatable bonds is 4. The maximum Gasteiger partial charge on any atom is 0.504 e. The van der Waals surface area contributed by atoms with E-state index in [2.05, 4.69) is 39.4 Å².